The van der Waals surface area contributed by atoms with E-state index in [1.165, 1.54) is 43.4 Å². The molecule has 3 heteroatoms. The number of benzene rings is 1. The fourth-order valence-electron chi connectivity index (χ4n) is 3.79. The molecule has 21 heavy (non-hydrogen) atoms. The topological polar surface area (TPSA) is 40.5 Å². The average Bonchev–Trinajstić information content (AvgIpc) is 2.91. The van der Waals surface area contributed by atoms with Crippen molar-refractivity contribution in [3.05, 3.63) is 29.3 Å². The minimum Gasteiger partial charge on any atom is -0.481 e. The lowest BCUT2D eigenvalue weighted by atomic mass is 9.94. The van der Waals surface area contributed by atoms with Crippen LogP contribution in [-0.2, 0) is 17.6 Å². The predicted octanol–water partition coefficient (Wildman–Crippen LogP) is 3.65. The fraction of sp³-hybridized carbons (Fsp3) is 0.611. The molecule has 1 atom stereocenters. The summed E-state index contributed by atoms with van der Waals surface area (Å²) in [6, 6.07) is 7.27. The van der Waals surface area contributed by atoms with Crippen LogP contribution in [0.3, 0.4) is 0 Å². The van der Waals surface area contributed by atoms with Crippen molar-refractivity contribution < 1.29 is 9.90 Å². The molecule has 1 aliphatic carbocycles. The summed E-state index contributed by atoms with van der Waals surface area (Å²) in [7, 11) is 0. The zero-order valence-corrected chi connectivity index (χ0v) is 12.8. The number of carboxylic acid groups (broad SMARTS) is 1. The van der Waals surface area contributed by atoms with Crippen LogP contribution in [0.2, 0.25) is 0 Å². The molecule has 3 nitrogen and oxygen atoms in total. The first-order chi connectivity index (χ1) is 10.1. The third-order valence-electron chi connectivity index (χ3n) is 5.06. The van der Waals surface area contributed by atoms with Gasteiger partial charge >= 0.3 is 5.97 Å². The first-order valence-electron chi connectivity index (χ1n) is 8.26. The molecule has 1 heterocycles. The molecule has 0 aromatic heterocycles. The first-order valence-corrected chi connectivity index (χ1v) is 8.26. The van der Waals surface area contributed by atoms with Gasteiger partial charge in [0.2, 0.25) is 0 Å². The summed E-state index contributed by atoms with van der Waals surface area (Å²) in [6.07, 6.45) is 8.48. The Hall–Kier alpha value is -1.51. The van der Waals surface area contributed by atoms with E-state index in [0.29, 0.717) is 12.5 Å². The quantitative estimate of drug-likeness (QED) is 0.919. The molecule has 0 spiro atoms. The van der Waals surface area contributed by atoms with Crippen LogP contribution >= 0.6 is 0 Å². The highest BCUT2D eigenvalue weighted by molar-refractivity contribution is 5.70. The van der Waals surface area contributed by atoms with Crippen LogP contribution < -0.4 is 4.90 Å². The number of carboxylic acids is 1. The van der Waals surface area contributed by atoms with Gasteiger partial charge in [-0.3, -0.25) is 4.79 Å². The molecule has 0 radical (unpaired) electrons. The summed E-state index contributed by atoms with van der Waals surface area (Å²) in [5.41, 5.74) is 3.97. The Morgan fingerprint density at radius 2 is 2.10 bits per heavy atom. The minimum atomic E-state index is -0.709. The van der Waals surface area contributed by atoms with Gasteiger partial charge in [-0.05, 0) is 42.9 Å². The van der Waals surface area contributed by atoms with Gasteiger partial charge in [-0.25, -0.2) is 0 Å². The summed E-state index contributed by atoms with van der Waals surface area (Å²) in [5.74, 6) is -1.02. The molecule has 0 amide bonds. The minimum absolute atomic E-state index is 0.312. The van der Waals surface area contributed by atoms with Crippen molar-refractivity contribution >= 4 is 11.7 Å². The van der Waals surface area contributed by atoms with Crippen molar-refractivity contribution in [2.45, 2.75) is 57.9 Å². The van der Waals surface area contributed by atoms with Gasteiger partial charge in [-0.15, -0.1) is 0 Å². The first kappa shape index (κ1) is 14.4. The summed E-state index contributed by atoms with van der Waals surface area (Å²) < 4.78 is 0. The van der Waals surface area contributed by atoms with E-state index in [4.69, 9.17) is 5.11 Å². The smallest absolute Gasteiger partial charge is 0.306 e. The molecule has 0 saturated heterocycles. The van der Waals surface area contributed by atoms with Crippen LogP contribution in [0, 0.1) is 5.92 Å². The number of hydrogen-bond acceptors (Lipinski definition) is 2. The largest absolute Gasteiger partial charge is 0.481 e. The Morgan fingerprint density at radius 1 is 1.33 bits per heavy atom. The van der Waals surface area contributed by atoms with E-state index in [9.17, 15) is 4.79 Å². The second-order valence-electron chi connectivity index (χ2n) is 6.64. The molecule has 3 rings (SSSR count). The zero-order chi connectivity index (χ0) is 14.8. The number of rotatable bonds is 4. The monoisotopic (exact) mass is 287 g/mol. The van der Waals surface area contributed by atoms with E-state index >= 15 is 0 Å². The third kappa shape index (κ3) is 3.07. The molecule has 0 bridgehead atoms. The Labute approximate surface area is 127 Å². The normalized spacial score (nSPS) is 20.3. The fourth-order valence-corrected chi connectivity index (χ4v) is 3.79. The number of nitrogens with zero attached hydrogens (tertiary/aromatic N) is 1. The Morgan fingerprint density at radius 3 is 2.81 bits per heavy atom. The summed E-state index contributed by atoms with van der Waals surface area (Å²) in [6.45, 7) is 2.92. The molecule has 1 aliphatic heterocycles. The van der Waals surface area contributed by atoms with Crippen LogP contribution in [-0.4, -0.2) is 23.7 Å². The number of fused-ring (bicyclic) bond motifs is 1. The molecule has 1 N–H and O–H groups in total. The van der Waals surface area contributed by atoms with Crippen LogP contribution in [0.1, 0.15) is 50.2 Å². The van der Waals surface area contributed by atoms with Gasteiger partial charge in [0.25, 0.3) is 0 Å². The van der Waals surface area contributed by atoms with Crippen molar-refractivity contribution in [2.24, 2.45) is 5.92 Å². The lowest BCUT2D eigenvalue weighted by Crippen LogP contribution is -2.35. The highest BCUT2D eigenvalue weighted by atomic mass is 16.4. The number of aliphatic carboxylic acids is 1. The maximum atomic E-state index is 11.0. The van der Waals surface area contributed by atoms with E-state index in [-0.39, 0.29) is 5.92 Å². The SMILES string of the molecule is CC(Cc1ccc2c(c1)N(C1CCCCC1)CC2)C(=O)O. The number of carbonyl (C=O) groups is 1. The van der Waals surface area contributed by atoms with Gasteiger partial charge in [0.1, 0.15) is 0 Å². The molecule has 114 valence electrons. The van der Waals surface area contributed by atoms with Crippen LogP contribution in [0.25, 0.3) is 0 Å². The molecular formula is C18H25NO2. The van der Waals surface area contributed by atoms with Gasteiger partial charge in [0.15, 0.2) is 0 Å². The van der Waals surface area contributed by atoms with Crippen molar-refractivity contribution in [1.82, 2.24) is 0 Å². The summed E-state index contributed by atoms with van der Waals surface area (Å²) in [5, 5.41) is 9.08. The van der Waals surface area contributed by atoms with Gasteiger partial charge in [0, 0.05) is 18.3 Å². The lowest BCUT2D eigenvalue weighted by Gasteiger charge is -2.33. The molecule has 1 unspecified atom stereocenters. The van der Waals surface area contributed by atoms with Crippen LogP contribution in [0.15, 0.2) is 18.2 Å². The van der Waals surface area contributed by atoms with Crippen LogP contribution in [0.4, 0.5) is 5.69 Å². The predicted molar refractivity (Wildman–Crippen MR) is 84.9 cm³/mol. The molecule has 1 aromatic carbocycles. The van der Waals surface area contributed by atoms with Crippen molar-refractivity contribution in [1.29, 1.82) is 0 Å². The Balaban J connectivity index is 1.78. The summed E-state index contributed by atoms with van der Waals surface area (Å²) >= 11 is 0. The van der Waals surface area contributed by atoms with Crippen molar-refractivity contribution in [3.63, 3.8) is 0 Å². The second kappa shape index (κ2) is 6.08. The number of hydrogen-bond donors (Lipinski definition) is 1. The highest BCUT2D eigenvalue weighted by Gasteiger charge is 2.27. The van der Waals surface area contributed by atoms with Crippen molar-refractivity contribution in [3.8, 4) is 0 Å². The molecule has 2 aliphatic rings. The van der Waals surface area contributed by atoms with Crippen LogP contribution in [0.5, 0.6) is 0 Å². The lowest BCUT2D eigenvalue weighted by molar-refractivity contribution is -0.141. The maximum absolute atomic E-state index is 11.0. The third-order valence-corrected chi connectivity index (χ3v) is 5.06. The van der Waals surface area contributed by atoms with E-state index in [1.54, 1.807) is 6.92 Å². The second-order valence-corrected chi connectivity index (χ2v) is 6.64. The molecular weight excluding hydrogens is 262 g/mol. The standard InChI is InChI=1S/C18H25NO2/c1-13(18(20)21)11-14-7-8-15-9-10-19(17(15)12-14)16-5-3-2-4-6-16/h7-8,12-13,16H,2-6,9-11H2,1H3,(H,20,21). The Bertz CT molecular complexity index is 520. The van der Waals surface area contributed by atoms with Crippen molar-refractivity contribution in [2.75, 3.05) is 11.4 Å². The summed E-state index contributed by atoms with van der Waals surface area (Å²) in [4.78, 5) is 13.6. The maximum Gasteiger partial charge on any atom is 0.306 e. The Kier molecular flexibility index (Phi) is 4.18. The van der Waals surface area contributed by atoms with E-state index in [2.05, 4.69) is 23.1 Å². The highest BCUT2D eigenvalue weighted by Crippen LogP contribution is 2.35. The van der Waals surface area contributed by atoms with Gasteiger partial charge < -0.3 is 10.0 Å². The van der Waals surface area contributed by atoms with Gasteiger partial charge in [-0.1, -0.05) is 38.3 Å². The zero-order valence-electron chi connectivity index (χ0n) is 12.8. The molecule has 1 saturated carbocycles. The molecule has 1 fully saturated rings. The molecule has 1 aromatic rings. The average molecular weight is 287 g/mol. The van der Waals surface area contributed by atoms with Gasteiger partial charge in [-0.2, -0.15) is 0 Å². The van der Waals surface area contributed by atoms with E-state index in [1.807, 2.05) is 0 Å². The van der Waals surface area contributed by atoms with E-state index < -0.39 is 5.97 Å². The van der Waals surface area contributed by atoms with E-state index in [0.717, 1.165) is 18.5 Å². The number of anilines is 1. The van der Waals surface area contributed by atoms with Gasteiger partial charge in [0.05, 0.1) is 5.92 Å².